The van der Waals surface area contributed by atoms with Crippen molar-refractivity contribution in [3.05, 3.63) is 46.8 Å². The molecule has 1 unspecified atom stereocenters. The van der Waals surface area contributed by atoms with Crippen molar-refractivity contribution >= 4 is 0 Å². The molecule has 0 amide bonds. The average Bonchev–Trinajstić information content (AvgIpc) is 2.73. The molecule has 0 radical (unpaired) electrons. The second-order valence-corrected chi connectivity index (χ2v) is 5.12. The van der Waals surface area contributed by atoms with E-state index >= 15 is 0 Å². The molecule has 1 heterocycles. The molecule has 0 saturated heterocycles. The van der Waals surface area contributed by atoms with Crippen molar-refractivity contribution in [2.45, 2.75) is 33.2 Å². The fourth-order valence-electron chi connectivity index (χ4n) is 2.46. The lowest BCUT2D eigenvalue weighted by atomic mass is 9.98. The van der Waals surface area contributed by atoms with Crippen molar-refractivity contribution in [2.75, 3.05) is 6.54 Å². The molecule has 0 aliphatic carbocycles. The summed E-state index contributed by atoms with van der Waals surface area (Å²) in [4.78, 5) is 0. The van der Waals surface area contributed by atoms with Crippen LogP contribution in [0.1, 0.15) is 35.3 Å². The molecule has 102 valence electrons. The number of aromatic nitrogens is 3. The van der Waals surface area contributed by atoms with E-state index in [0.29, 0.717) is 6.04 Å². The zero-order chi connectivity index (χ0) is 13.8. The van der Waals surface area contributed by atoms with Crippen LogP contribution in [0, 0.1) is 13.8 Å². The molecule has 2 rings (SSSR count). The Balaban J connectivity index is 2.23. The van der Waals surface area contributed by atoms with Crippen molar-refractivity contribution in [2.24, 2.45) is 7.05 Å². The minimum absolute atomic E-state index is 0.292. The van der Waals surface area contributed by atoms with Gasteiger partial charge in [0.1, 0.15) is 0 Å². The van der Waals surface area contributed by atoms with E-state index < -0.39 is 0 Å². The lowest BCUT2D eigenvalue weighted by Gasteiger charge is -2.18. The van der Waals surface area contributed by atoms with Crippen LogP contribution in [0.5, 0.6) is 0 Å². The Bertz CT molecular complexity index is 525. The third-order valence-corrected chi connectivity index (χ3v) is 3.16. The van der Waals surface area contributed by atoms with Gasteiger partial charge in [-0.2, -0.15) is 0 Å². The minimum atomic E-state index is 0.292. The first-order valence-electron chi connectivity index (χ1n) is 6.75. The van der Waals surface area contributed by atoms with Crippen LogP contribution in [-0.2, 0) is 13.5 Å². The van der Waals surface area contributed by atoms with Gasteiger partial charge in [0.15, 0.2) is 0 Å². The van der Waals surface area contributed by atoms with Crippen molar-refractivity contribution in [3.63, 3.8) is 0 Å². The Morgan fingerprint density at radius 3 is 2.42 bits per heavy atom. The summed E-state index contributed by atoms with van der Waals surface area (Å²) in [5.74, 6) is 0. The number of likely N-dealkylation sites (N-methyl/N-ethyl adjacent to an activating group) is 1. The Labute approximate surface area is 114 Å². The lowest BCUT2D eigenvalue weighted by molar-refractivity contribution is 0.543. The first-order chi connectivity index (χ1) is 9.08. The van der Waals surface area contributed by atoms with Crippen molar-refractivity contribution in [1.29, 1.82) is 0 Å². The summed E-state index contributed by atoms with van der Waals surface area (Å²) in [6.45, 7) is 7.36. The first kappa shape index (κ1) is 13.7. The molecule has 0 saturated carbocycles. The fourth-order valence-corrected chi connectivity index (χ4v) is 2.46. The maximum absolute atomic E-state index is 4.18. The monoisotopic (exact) mass is 258 g/mol. The molecule has 2 aromatic rings. The second kappa shape index (κ2) is 5.97. The van der Waals surface area contributed by atoms with Gasteiger partial charge in [-0.15, -0.1) is 5.10 Å². The highest BCUT2D eigenvalue weighted by Crippen LogP contribution is 2.20. The van der Waals surface area contributed by atoms with Gasteiger partial charge in [0.25, 0.3) is 0 Å². The standard InChI is InChI=1S/C15H22N4/c1-5-16-15(9-14-10-19(4)18-17-14)13-7-11(2)6-12(3)8-13/h6-8,10,15-16H,5,9H2,1-4H3. The van der Waals surface area contributed by atoms with Crippen molar-refractivity contribution in [3.8, 4) is 0 Å². The summed E-state index contributed by atoms with van der Waals surface area (Å²) >= 11 is 0. The summed E-state index contributed by atoms with van der Waals surface area (Å²) in [5.41, 5.74) is 4.95. The molecule has 0 aliphatic rings. The summed E-state index contributed by atoms with van der Waals surface area (Å²) in [6, 6.07) is 6.99. The summed E-state index contributed by atoms with van der Waals surface area (Å²) in [7, 11) is 1.90. The van der Waals surface area contributed by atoms with E-state index in [-0.39, 0.29) is 0 Å². The molecule has 1 aromatic carbocycles. The van der Waals surface area contributed by atoms with Crippen LogP contribution in [0.2, 0.25) is 0 Å². The van der Waals surface area contributed by atoms with Crippen LogP contribution >= 0.6 is 0 Å². The van der Waals surface area contributed by atoms with Crippen LogP contribution in [-0.4, -0.2) is 21.5 Å². The van der Waals surface area contributed by atoms with Gasteiger partial charge in [0, 0.05) is 25.7 Å². The van der Waals surface area contributed by atoms with Crippen LogP contribution in [0.15, 0.2) is 24.4 Å². The predicted molar refractivity (Wildman–Crippen MR) is 77.0 cm³/mol. The highest BCUT2D eigenvalue weighted by atomic mass is 15.4. The number of hydrogen-bond donors (Lipinski definition) is 1. The number of rotatable bonds is 5. The molecule has 0 bridgehead atoms. The molecule has 0 spiro atoms. The SMILES string of the molecule is CCNC(Cc1cn(C)nn1)c1cc(C)cc(C)c1. The van der Waals surface area contributed by atoms with Gasteiger partial charge in [-0.1, -0.05) is 41.5 Å². The molecule has 4 nitrogen and oxygen atoms in total. The highest BCUT2D eigenvalue weighted by Gasteiger charge is 2.13. The van der Waals surface area contributed by atoms with E-state index in [1.807, 2.05) is 13.2 Å². The summed E-state index contributed by atoms with van der Waals surface area (Å²) in [6.07, 6.45) is 2.84. The Morgan fingerprint density at radius 2 is 1.89 bits per heavy atom. The maximum Gasteiger partial charge on any atom is 0.0845 e. The number of benzene rings is 1. The third kappa shape index (κ3) is 3.64. The second-order valence-electron chi connectivity index (χ2n) is 5.12. The van der Waals surface area contributed by atoms with E-state index in [1.165, 1.54) is 16.7 Å². The molecule has 0 fully saturated rings. The van der Waals surface area contributed by atoms with Gasteiger partial charge in [0.2, 0.25) is 0 Å². The minimum Gasteiger partial charge on any atom is -0.310 e. The van der Waals surface area contributed by atoms with E-state index in [0.717, 1.165) is 18.7 Å². The summed E-state index contributed by atoms with van der Waals surface area (Å²) in [5, 5.41) is 11.7. The maximum atomic E-state index is 4.18. The molecule has 19 heavy (non-hydrogen) atoms. The van der Waals surface area contributed by atoms with Gasteiger partial charge in [0.05, 0.1) is 5.69 Å². The van der Waals surface area contributed by atoms with Gasteiger partial charge in [-0.05, 0) is 26.0 Å². The van der Waals surface area contributed by atoms with E-state index in [1.54, 1.807) is 4.68 Å². The van der Waals surface area contributed by atoms with Crippen molar-refractivity contribution in [1.82, 2.24) is 20.3 Å². The smallest absolute Gasteiger partial charge is 0.0845 e. The largest absolute Gasteiger partial charge is 0.310 e. The average molecular weight is 258 g/mol. The quantitative estimate of drug-likeness (QED) is 0.895. The number of nitrogens with one attached hydrogen (secondary N) is 1. The molecule has 0 aliphatic heterocycles. The number of nitrogens with zero attached hydrogens (tertiary/aromatic N) is 3. The third-order valence-electron chi connectivity index (χ3n) is 3.16. The Morgan fingerprint density at radius 1 is 1.21 bits per heavy atom. The Hall–Kier alpha value is -1.68. The van der Waals surface area contributed by atoms with E-state index in [4.69, 9.17) is 0 Å². The van der Waals surface area contributed by atoms with Crippen LogP contribution in [0.4, 0.5) is 0 Å². The zero-order valence-electron chi connectivity index (χ0n) is 12.1. The van der Waals surface area contributed by atoms with Crippen LogP contribution in [0.25, 0.3) is 0 Å². The molecular weight excluding hydrogens is 236 g/mol. The van der Waals surface area contributed by atoms with E-state index in [2.05, 4.69) is 54.6 Å². The van der Waals surface area contributed by atoms with Gasteiger partial charge >= 0.3 is 0 Å². The molecular formula is C15H22N4. The zero-order valence-corrected chi connectivity index (χ0v) is 12.1. The van der Waals surface area contributed by atoms with E-state index in [9.17, 15) is 0 Å². The number of aryl methyl sites for hydroxylation is 3. The molecule has 1 aromatic heterocycles. The van der Waals surface area contributed by atoms with Crippen LogP contribution in [0.3, 0.4) is 0 Å². The lowest BCUT2D eigenvalue weighted by Crippen LogP contribution is -2.23. The predicted octanol–water partition coefficient (Wildman–Crippen LogP) is 2.33. The summed E-state index contributed by atoms with van der Waals surface area (Å²) < 4.78 is 1.75. The van der Waals surface area contributed by atoms with Crippen LogP contribution < -0.4 is 5.32 Å². The fraction of sp³-hybridized carbons (Fsp3) is 0.467. The first-order valence-corrected chi connectivity index (χ1v) is 6.75. The van der Waals surface area contributed by atoms with Crippen molar-refractivity contribution < 1.29 is 0 Å². The van der Waals surface area contributed by atoms with Gasteiger partial charge < -0.3 is 5.32 Å². The molecule has 1 atom stereocenters. The van der Waals surface area contributed by atoms with Gasteiger partial charge in [-0.3, -0.25) is 4.68 Å². The van der Waals surface area contributed by atoms with Gasteiger partial charge in [-0.25, -0.2) is 0 Å². The molecule has 4 heteroatoms. The molecule has 1 N–H and O–H groups in total. The normalized spacial score (nSPS) is 12.6. The number of hydrogen-bond acceptors (Lipinski definition) is 3. The highest BCUT2D eigenvalue weighted by molar-refractivity contribution is 5.31. The Kier molecular flexibility index (Phi) is 4.32. The topological polar surface area (TPSA) is 42.7 Å².